The van der Waals surface area contributed by atoms with Crippen LogP contribution < -0.4 is 10.6 Å². The SMILES string of the molecule is O=C(NCc1ccccc1F)c1cn(CCC(F)Cn2cc(C(=O)NCc3cc(C(F)(F)F)ccn3)nn2)nn1. The number of nitrogens with one attached hydrogen (secondary N) is 2. The summed E-state index contributed by atoms with van der Waals surface area (Å²) < 4.78 is 69.1. The first kappa shape index (κ1) is 28.3. The molecule has 16 heteroatoms. The van der Waals surface area contributed by atoms with Crippen molar-refractivity contribution < 1.29 is 31.5 Å². The molecule has 1 unspecified atom stereocenters. The van der Waals surface area contributed by atoms with Crippen LogP contribution in [0.15, 0.2) is 55.0 Å². The van der Waals surface area contributed by atoms with Gasteiger partial charge in [0.2, 0.25) is 0 Å². The highest BCUT2D eigenvalue weighted by molar-refractivity contribution is 5.92. The molecule has 0 saturated carbocycles. The van der Waals surface area contributed by atoms with E-state index in [1.54, 1.807) is 6.07 Å². The molecular weight excluding hydrogens is 541 g/mol. The molecule has 1 atom stereocenters. The van der Waals surface area contributed by atoms with E-state index >= 15 is 0 Å². The van der Waals surface area contributed by atoms with Crippen molar-refractivity contribution in [3.8, 4) is 0 Å². The van der Waals surface area contributed by atoms with Crippen LogP contribution in [-0.4, -0.2) is 53.0 Å². The van der Waals surface area contributed by atoms with Gasteiger partial charge in [0.15, 0.2) is 11.4 Å². The van der Waals surface area contributed by atoms with E-state index in [2.05, 4.69) is 36.2 Å². The van der Waals surface area contributed by atoms with Gasteiger partial charge < -0.3 is 10.6 Å². The molecule has 210 valence electrons. The summed E-state index contributed by atoms with van der Waals surface area (Å²) in [5.41, 5.74) is -0.750. The van der Waals surface area contributed by atoms with Crippen molar-refractivity contribution in [2.75, 3.05) is 0 Å². The number of alkyl halides is 4. The minimum Gasteiger partial charge on any atom is -0.346 e. The number of pyridine rings is 1. The Kier molecular flexibility index (Phi) is 8.76. The molecule has 0 radical (unpaired) electrons. The Morgan fingerprint density at radius 3 is 2.27 bits per heavy atom. The van der Waals surface area contributed by atoms with E-state index in [-0.39, 0.29) is 49.7 Å². The molecule has 1 aromatic carbocycles. The van der Waals surface area contributed by atoms with Gasteiger partial charge in [0.25, 0.3) is 11.8 Å². The van der Waals surface area contributed by atoms with E-state index < -0.39 is 35.5 Å². The second-order valence-corrected chi connectivity index (χ2v) is 8.57. The van der Waals surface area contributed by atoms with Crippen molar-refractivity contribution >= 4 is 11.8 Å². The quantitative estimate of drug-likeness (QED) is 0.268. The molecule has 0 saturated heterocycles. The molecule has 40 heavy (non-hydrogen) atoms. The number of aromatic nitrogens is 7. The maximum absolute atomic E-state index is 14.5. The molecule has 3 heterocycles. The number of halogens is 5. The Hall–Kier alpha value is -4.76. The molecular formula is C24H22F5N9O2. The maximum Gasteiger partial charge on any atom is 0.416 e. The van der Waals surface area contributed by atoms with Gasteiger partial charge in [-0.1, -0.05) is 28.6 Å². The molecule has 11 nitrogen and oxygen atoms in total. The molecule has 4 rings (SSSR count). The first-order valence-electron chi connectivity index (χ1n) is 11.8. The topological polar surface area (TPSA) is 133 Å². The Morgan fingerprint density at radius 1 is 0.925 bits per heavy atom. The lowest BCUT2D eigenvalue weighted by Gasteiger charge is -2.08. The normalized spacial score (nSPS) is 12.2. The monoisotopic (exact) mass is 563 g/mol. The fourth-order valence-corrected chi connectivity index (χ4v) is 3.49. The molecule has 3 aromatic heterocycles. The van der Waals surface area contributed by atoms with Crippen molar-refractivity contribution in [2.24, 2.45) is 0 Å². The first-order chi connectivity index (χ1) is 19.1. The van der Waals surface area contributed by atoms with Crippen molar-refractivity contribution in [1.82, 2.24) is 45.6 Å². The minimum absolute atomic E-state index is 0.00164. The number of rotatable bonds is 11. The Morgan fingerprint density at radius 2 is 1.57 bits per heavy atom. The summed E-state index contributed by atoms with van der Waals surface area (Å²) in [5, 5.41) is 19.8. The van der Waals surface area contributed by atoms with Crippen LogP contribution >= 0.6 is 0 Å². The van der Waals surface area contributed by atoms with Gasteiger partial charge >= 0.3 is 6.18 Å². The van der Waals surface area contributed by atoms with E-state index in [1.165, 1.54) is 35.3 Å². The van der Waals surface area contributed by atoms with E-state index in [9.17, 15) is 31.5 Å². The summed E-state index contributed by atoms with van der Waals surface area (Å²) >= 11 is 0. The molecule has 0 fully saturated rings. The summed E-state index contributed by atoms with van der Waals surface area (Å²) in [4.78, 5) is 28.3. The van der Waals surface area contributed by atoms with Crippen LogP contribution in [-0.2, 0) is 32.4 Å². The minimum atomic E-state index is -4.54. The fourth-order valence-electron chi connectivity index (χ4n) is 3.49. The summed E-state index contributed by atoms with van der Waals surface area (Å²) in [6.45, 7) is -0.464. The van der Waals surface area contributed by atoms with Gasteiger partial charge in [-0.25, -0.2) is 13.5 Å². The molecule has 0 aliphatic heterocycles. The average Bonchev–Trinajstić information content (AvgIpc) is 3.60. The number of hydrogen-bond acceptors (Lipinski definition) is 7. The third-order valence-electron chi connectivity index (χ3n) is 5.57. The average molecular weight is 563 g/mol. The van der Waals surface area contributed by atoms with Crippen molar-refractivity contribution in [1.29, 1.82) is 0 Å². The zero-order valence-electron chi connectivity index (χ0n) is 20.6. The van der Waals surface area contributed by atoms with Crippen molar-refractivity contribution in [3.05, 3.63) is 89.0 Å². The maximum atomic E-state index is 14.5. The lowest BCUT2D eigenvalue weighted by atomic mass is 10.2. The Labute approximate surface area is 223 Å². The van der Waals surface area contributed by atoms with Gasteiger partial charge in [-0.05, 0) is 18.2 Å². The second-order valence-electron chi connectivity index (χ2n) is 8.57. The van der Waals surface area contributed by atoms with Crippen LogP contribution in [0, 0.1) is 5.82 Å². The van der Waals surface area contributed by atoms with Crippen LogP contribution in [0.3, 0.4) is 0 Å². The van der Waals surface area contributed by atoms with Gasteiger partial charge in [-0.15, -0.1) is 10.2 Å². The van der Waals surface area contributed by atoms with E-state index in [4.69, 9.17) is 0 Å². The second kappa shape index (κ2) is 12.4. The number of carbonyl (C=O) groups is 2. The summed E-state index contributed by atoms with van der Waals surface area (Å²) in [7, 11) is 0. The number of hydrogen-bond donors (Lipinski definition) is 2. The van der Waals surface area contributed by atoms with E-state index in [1.807, 2.05) is 0 Å². The standard InChI is InChI=1S/C24H22F5N9O2/c25-17(6-8-37-13-20(33-35-37)22(39)31-10-15-3-1-2-4-19(15)26)12-38-14-21(34-36-38)23(40)32-11-18-9-16(5-7-30-18)24(27,28)29/h1-5,7,9,13-14,17H,6,8,10-12H2,(H,31,39)(H,32,40). The van der Waals surface area contributed by atoms with Crippen LogP contribution in [0.1, 0.15) is 44.2 Å². The third-order valence-corrected chi connectivity index (χ3v) is 5.57. The zero-order valence-corrected chi connectivity index (χ0v) is 20.6. The lowest BCUT2D eigenvalue weighted by Crippen LogP contribution is -2.24. The highest BCUT2D eigenvalue weighted by atomic mass is 19.4. The van der Waals surface area contributed by atoms with Gasteiger partial charge in [-0.2, -0.15) is 13.2 Å². The van der Waals surface area contributed by atoms with Gasteiger partial charge in [0.05, 0.1) is 36.7 Å². The zero-order chi connectivity index (χ0) is 28.7. The predicted octanol–water partition coefficient (Wildman–Crippen LogP) is 2.71. The Bertz CT molecular complexity index is 1470. The van der Waals surface area contributed by atoms with Gasteiger partial charge in [-0.3, -0.25) is 19.3 Å². The number of nitrogens with zero attached hydrogens (tertiary/aromatic N) is 7. The fraction of sp³-hybridized carbons (Fsp3) is 0.292. The van der Waals surface area contributed by atoms with Crippen LogP contribution in [0.2, 0.25) is 0 Å². The summed E-state index contributed by atoms with van der Waals surface area (Å²) in [5.74, 6) is -1.74. The first-order valence-corrected chi connectivity index (χ1v) is 11.8. The highest BCUT2D eigenvalue weighted by Crippen LogP contribution is 2.28. The van der Waals surface area contributed by atoms with Crippen LogP contribution in [0.4, 0.5) is 22.0 Å². The molecule has 0 spiro atoms. The Balaban J connectivity index is 1.21. The summed E-state index contributed by atoms with van der Waals surface area (Å²) in [6.07, 6.45) is -2.46. The molecule has 2 amide bonds. The number of benzene rings is 1. The number of aryl methyl sites for hydroxylation is 1. The molecule has 2 N–H and O–H groups in total. The summed E-state index contributed by atoms with van der Waals surface area (Å²) in [6, 6.07) is 7.64. The largest absolute Gasteiger partial charge is 0.416 e. The van der Waals surface area contributed by atoms with Gasteiger partial charge in [0.1, 0.15) is 12.0 Å². The van der Waals surface area contributed by atoms with Crippen molar-refractivity contribution in [3.63, 3.8) is 0 Å². The molecule has 0 aliphatic rings. The van der Waals surface area contributed by atoms with Crippen LogP contribution in [0.25, 0.3) is 0 Å². The van der Waals surface area contributed by atoms with Gasteiger partial charge in [0, 0.05) is 31.3 Å². The van der Waals surface area contributed by atoms with E-state index in [0.717, 1.165) is 23.0 Å². The number of carbonyl (C=O) groups excluding carboxylic acids is 2. The van der Waals surface area contributed by atoms with E-state index in [0.29, 0.717) is 5.56 Å². The van der Waals surface area contributed by atoms with Crippen LogP contribution in [0.5, 0.6) is 0 Å². The van der Waals surface area contributed by atoms with Crippen molar-refractivity contribution in [2.45, 2.75) is 44.9 Å². The molecule has 0 bridgehead atoms. The smallest absolute Gasteiger partial charge is 0.346 e. The molecule has 0 aliphatic carbocycles. The molecule has 4 aromatic rings. The third kappa shape index (κ3) is 7.64. The lowest BCUT2D eigenvalue weighted by molar-refractivity contribution is -0.137. The highest BCUT2D eigenvalue weighted by Gasteiger charge is 2.30. The number of amides is 2. The predicted molar refractivity (Wildman–Crippen MR) is 128 cm³/mol.